The third-order valence-corrected chi connectivity index (χ3v) is 4.84. The van der Waals surface area contributed by atoms with Crippen LogP contribution in [0.1, 0.15) is 45.7 Å². The predicted octanol–water partition coefficient (Wildman–Crippen LogP) is 5.65. The van der Waals surface area contributed by atoms with E-state index in [1.54, 1.807) is 55.5 Å². The Morgan fingerprint density at radius 2 is 1.53 bits per heavy atom. The number of halogens is 1. The van der Waals surface area contributed by atoms with E-state index in [2.05, 4.69) is 5.32 Å². The maximum absolute atomic E-state index is 12.8. The molecule has 3 aromatic rings. The van der Waals surface area contributed by atoms with Gasteiger partial charge in [0.2, 0.25) is 0 Å². The largest absolute Gasteiger partial charge is 0.508 e. The summed E-state index contributed by atoms with van der Waals surface area (Å²) >= 11 is 6.01. The second kappa shape index (κ2) is 9.94. The molecule has 1 atom stereocenters. The topological polar surface area (TPSA) is 75.6 Å². The van der Waals surface area contributed by atoms with E-state index in [0.717, 1.165) is 11.3 Å². The molecule has 0 bridgehead atoms. The molecule has 0 spiro atoms. The molecule has 3 aromatic carbocycles. The first kappa shape index (κ1) is 21.4. The van der Waals surface area contributed by atoms with E-state index in [4.69, 9.17) is 16.3 Å². The summed E-state index contributed by atoms with van der Waals surface area (Å²) < 4.78 is 5.01. The Kier molecular flexibility index (Phi) is 7.09. The molecule has 1 unspecified atom stereocenters. The van der Waals surface area contributed by atoms with E-state index in [1.807, 2.05) is 12.1 Å². The average Bonchev–Trinajstić information content (AvgIpc) is 2.75. The minimum Gasteiger partial charge on any atom is -0.508 e. The normalized spacial score (nSPS) is 11.5. The third-order valence-electron chi connectivity index (χ3n) is 4.59. The van der Waals surface area contributed by atoms with E-state index < -0.39 is 0 Å². The number of Topliss-reactive ketones (excluding diaryl/α,β-unsaturated/α-hetero) is 1. The summed E-state index contributed by atoms with van der Waals surface area (Å²) in [5.41, 5.74) is 2.65. The third kappa shape index (κ3) is 5.61. The highest BCUT2D eigenvalue weighted by molar-refractivity contribution is 6.30. The van der Waals surface area contributed by atoms with Crippen LogP contribution in [0.3, 0.4) is 0 Å². The summed E-state index contributed by atoms with van der Waals surface area (Å²) in [5.74, 6) is -0.327. The van der Waals surface area contributed by atoms with Crippen molar-refractivity contribution < 1.29 is 19.4 Å². The van der Waals surface area contributed by atoms with E-state index in [-0.39, 0.29) is 30.0 Å². The van der Waals surface area contributed by atoms with Crippen molar-refractivity contribution in [1.29, 1.82) is 0 Å². The number of ether oxygens (including phenoxy) is 1. The Balaban J connectivity index is 1.81. The van der Waals surface area contributed by atoms with Gasteiger partial charge in [-0.3, -0.25) is 4.79 Å². The van der Waals surface area contributed by atoms with Crippen molar-refractivity contribution in [2.45, 2.75) is 19.4 Å². The van der Waals surface area contributed by atoms with Gasteiger partial charge in [0.25, 0.3) is 0 Å². The maximum atomic E-state index is 12.8. The number of esters is 1. The lowest BCUT2D eigenvalue weighted by molar-refractivity contribution is 0.0526. The lowest BCUT2D eigenvalue weighted by Crippen LogP contribution is -2.16. The van der Waals surface area contributed by atoms with Crippen molar-refractivity contribution in [2.24, 2.45) is 0 Å². The van der Waals surface area contributed by atoms with Gasteiger partial charge < -0.3 is 15.2 Å². The zero-order chi connectivity index (χ0) is 21.5. The highest BCUT2D eigenvalue weighted by Gasteiger charge is 2.18. The van der Waals surface area contributed by atoms with Crippen LogP contribution in [0, 0.1) is 0 Å². The number of rotatable bonds is 8. The summed E-state index contributed by atoms with van der Waals surface area (Å²) in [6.45, 7) is 2.08. The van der Waals surface area contributed by atoms with Crippen molar-refractivity contribution in [3.05, 3.63) is 94.5 Å². The Morgan fingerprint density at radius 3 is 2.13 bits per heavy atom. The fourth-order valence-electron chi connectivity index (χ4n) is 3.02. The van der Waals surface area contributed by atoms with Crippen LogP contribution in [-0.4, -0.2) is 23.5 Å². The second-order valence-corrected chi connectivity index (χ2v) is 7.16. The van der Waals surface area contributed by atoms with E-state index in [1.165, 1.54) is 12.1 Å². The van der Waals surface area contributed by atoms with Gasteiger partial charge in [-0.1, -0.05) is 23.7 Å². The molecule has 0 heterocycles. The van der Waals surface area contributed by atoms with Crippen molar-refractivity contribution in [2.75, 3.05) is 11.9 Å². The lowest BCUT2D eigenvalue weighted by atomic mass is 9.97. The quantitative estimate of drug-likeness (QED) is 0.361. The molecule has 0 amide bonds. The number of carbonyl (C=O) groups is 2. The SMILES string of the molecule is CCOC(=O)c1ccc(NC(CC(=O)c2ccc(O)cc2)c2ccc(Cl)cc2)cc1. The number of nitrogens with one attached hydrogen (secondary N) is 1. The predicted molar refractivity (Wildman–Crippen MR) is 117 cm³/mol. The van der Waals surface area contributed by atoms with Gasteiger partial charge in [0.15, 0.2) is 5.78 Å². The number of anilines is 1. The monoisotopic (exact) mass is 423 g/mol. The second-order valence-electron chi connectivity index (χ2n) is 6.72. The molecule has 0 aromatic heterocycles. The van der Waals surface area contributed by atoms with Gasteiger partial charge in [0, 0.05) is 22.7 Å². The van der Waals surface area contributed by atoms with Gasteiger partial charge in [-0.05, 0) is 73.2 Å². The minimum absolute atomic E-state index is 0.0643. The minimum atomic E-state index is -0.374. The van der Waals surface area contributed by atoms with Crippen LogP contribution in [0.5, 0.6) is 5.75 Å². The standard InChI is InChI=1S/C24H22ClNO4/c1-2-30-24(29)18-5-11-20(12-6-18)26-22(16-3-9-19(25)10-4-16)15-23(28)17-7-13-21(27)14-8-17/h3-14,22,26-27H,2,15H2,1H3. The number of phenolic OH excluding ortho intramolecular Hbond substituents is 1. The highest BCUT2D eigenvalue weighted by Crippen LogP contribution is 2.26. The van der Waals surface area contributed by atoms with E-state index >= 15 is 0 Å². The molecule has 0 aliphatic heterocycles. The maximum Gasteiger partial charge on any atom is 0.338 e. The van der Waals surface area contributed by atoms with Gasteiger partial charge in [-0.15, -0.1) is 0 Å². The van der Waals surface area contributed by atoms with Gasteiger partial charge in [0.05, 0.1) is 18.2 Å². The molecule has 0 radical (unpaired) electrons. The molecule has 0 aliphatic rings. The average molecular weight is 424 g/mol. The smallest absolute Gasteiger partial charge is 0.338 e. The molecule has 5 nitrogen and oxygen atoms in total. The van der Waals surface area contributed by atoms with E-state index in [9.17, 15) is 14.7 Å². The van der Waals surface area contributed by atoms with Crippen LogP contribution in [-0.2, 0) is 4.74 Å². The summed E-state index contributed by atoms with van der Waals surface area (Å²) in [5, 5.41) is 13.4. The summed E-state index contributed by atoms with van der Waals surface area (Å²) in [7, 11) is 0. The van der Waals surface area contributed by atoms with Crippen LogP contribution >= 0.6 is 11.6 Å². The van der Waals surface area contributed by atoms with Crippen LogP contribution < -0.4 is 5.32 Å². The molecular formula is C24H22ClNO4. The zero-order valence-electron chi connectivity index (χ0n) is 16.5. The summed E-state index contributed by atoms with van der Waals surface area (Å²) in [6, 6.07) is 20.1. The lowest BCUT2D eigenvalue weighted by Gasteiger charge is -2.20. The van der Waals surface area contributed by atoms with E-state index in [0.29, 0.717) is 22.8 Å². The first-order valence-corrected chi connectivity index (χ1v) is 9.95. The molecule has 30 heavy (non-hydrogen) atoms. The fraction of sp³-hybridized carbons (Fsp3) is 0.167. The Labute approximate surface area is 180 Å². The van der Waals surface area contributed by atoms with Crippen LogP contribution in [0.4, 0.5) is 5.69 Å². The van der Waals surface area contributed by atoms with Gasteiger partial charge in [0.1, 0.15) is 5.75 Å². The molecule has 3 rings (SSSR count). The van der Waals surface area contributed by atoms with Crippen LogP contribution in [0.25, 0.3) is 0 Å². The zero-order valence-corrected chi connectivity index (χ0v) is 17.2. The molecule has 0 saturated carbocycles. The van der Waals surface area contributed by atoms with Crippen LogP contribution in [0.15, 0.2) is 72.8 Å². The number of carbonyl (C=O) groups excluding carboxylic acids is 2. The van der Waals surface area contributed by atoms with Crippen molar-refractivity contribution in [3.63, 3.8) is 0 Å². The molecule has 2 N–H and O–H groups in total. The Hall–Kier alpha value is -3.31. The number of hydrogen-bond acceptors (Lipinski definition) is 5. The van der Waals surface area contributed by atoms with Crippen molar-refractivity contribution in [1.82, 2.24) is 0 Å². The van der Waals surface area contributed by atoms with Crippen molar-refractivity contribution in [3.8, 4) is 5.75 Å². The molecule has 0 aliphatic carbocycles. The molecule has 0 fully saturated rings. The number of aromatic hydroxyl groups is 1. The Bertz CT molecular complexity index is 999. The first-order valence-electron chi connectivity index (χ1n) is 9.57. The molecule has 154 valence electrons. The van der Waals surface area contributed by atoms with Crippen molar-refractivity contribution >= 4 is 29.0 Å². The first-order chi connectivity index (χ1) is 14.5. The number of benzene rings is 3. The van der Waals surface area contributed by atoms with Crippen LogP contribution in [0.2, 0.25) is 5.02 Å². The fourth-order valence-corrected chi connectivity index (χ4v) is 3.14. The number of hydrogen-bond donors (Lipinski definition) is 2. The Morgan fingerprint density at radius 1 is 0.933 bits per heavy atom. The summed E-state index contributed by atoms with van der Waals surface area (Å²) in [6.07, 6.45) is 0.200. The van der Waals surface area contributed by atoms with Gasteiger partial charge in [-0.2, -0.15) is 0 Å². The van der Waals surface area contributed by atoms with Gasteiger partial charge in [-0.25, -0.2) is 4.79 Å². The summed E-state index contributed by atoms with van der Waals surface area (Å²) in [4.78, 5) is 24.6. The molecule has 6 heteroatoms. The highest BCUT2D eigenvalue weighted by atomic mass is 35.5. The number of ketones is 1. The number of phenols is 1. The molecule has 0 saturated heterocycles. The molecular weight excluding hydrogens is 402 g/mol. The van der Waals surface area contributed by atoms with Gasteiger partial charge >= 0.3 is 5.97 Å².